The molecule has 186 valence electrons. The first-order valence-corrected chi connectivity index (χ1v) is 11.4. The average molecular weight is 475 g/mol. The van der Waals surface area contributed by atoms with Crippen LogP contribution in [0, 0.1) is 0 Å². The lowest BCUT2D eigenvalue weighted by Gasteiger charge is -2.35. The van der Waals surface area contributed by atoms with Crippen molar-refractivity contribution in [1.82, 2.24) is 10.2 Å². The molecule has 34 heavy (non-hydrogen) atoms. The molecule has 0 aromatic heterocycles. The number of amides is 2. The molecule has 0 unspecified atom stereocenters. The summed E-state index contributed by atoms with van der Waals surface area (Å²) in [5.74, 6) is -0.938. The molecule has 2 aliphatic heterocycles. The molecule has 10 nitrogen and oxygen atoms in total. The van der Waals surface area contributed by atoms with Crippen LogP contribution >= 0.6 is 0 Å². The summed E-state index contributed by atoms with van der Waals surface area (Å²) in [5.41, 5.74) is 1.43. The predicted molar refractivity (Wildman–Crippen MR) is 127 cm³/mol. The maximum atomic E-state index is 12.9. The summed E-state index contributed by atoms with van der Waals surface area (Å²) in [6.45, 7) is 6.91. The maximum Gasteiger partial charge on any atom is 0.407 e. The number of β-amino-alcohol motifs (C(OH)–C–C–N with tert-alkyl or cyclic N) is 1. The highest BCUT2D eigenvalue weighted by Crippen LogP contribution is 2.31. The Hall–Kier alpha value is -3.27. The summed E-state index contributed by atoms with van der Waals surface area (Å²) in [7, 11) is 1.27. The van der Waals surface area contributed by atoms with Gasteiger partial charge in [-0.25, -0.2) is 9.59 Å². The van der Waals surface area contributed by atoms with Gasteiger partial charge in [0.2, 0.25) is 0 Å². The van der Waals surface area contributed by atoms with Gasteiger partial charge in [-0.1, -0.05) is 12.1 Å². The fourth-order valence-electron chi connectivity index (χ4n) is 4.08. The summed E-state index contributed by atoms with van der Waals surface area (Å²) in [6.07, 6.45) is 1.07. The normalized spacial score (nSPS) is 17.1. The standard InChI is InChI=1S/C24H34N4O6/c1-24(2,3)34-23(32)25-16-9-11-27(12-10-16)19-8-6-5-7-18(19)26-20-17(22(31)33-4)15-28(13-14-29)21(20)30/h5-8,16,26,29H,9-15H2,1-4H3,(H,25,32). The highest BCUT2D eigenvalue weighted by Gasteiger charge is 2.35. The van der Waals surface area contributed by atoms with E-state index in [1.54, 1.807) is 0 Å². The number of esters is 1. The third-order valence-electron chi connectivity index (χ3n) is 5.67. The van der Waals surface area contributed by atoms with Crippen LogP contribution in [-0.4, -0.2) is 79.5 Å². The Morgan fingerprint density at radius 3 is 2.47 bits per heavy atom. The Morgan fingerprint density at radius 2 is 1.85 bits per heavy atom. The number of aliphatic hydroxyl groups is 1. The second-order valence-corrected chi connectivity index (χ2v) is 9.35. The molecule has 1 fully saturated rings. The molecule has 0 bridgehead atoms. The van der Waals surface area contributed by atoms with Gasteiger partial charge in [-0.3, -0.25) is 4.79 Å². The van der Waals surface area contributed by atoms with Gasteiger partial charge in [0.25, 0.3) is 5.91 Å². The Morgan fingerprint density at radius 1 is 1.18 bits per heavy atom. The van der Waals surface area contributed by atoms with Crippen LogP contribution in [0.4, 0.5) is 16.2 Å². The van der Waals surface area contributed by atoms with Crippen molar-refractivity contribution in [2.75, 3.05) is 50.1 Å². The number of benzene rings is 1. The van der Waals surface area contributed by atoms with Crippen molar-refractivity contribution in [3.8, 4) is 0 Å². The number of hydrogen-bond acceptors (Lipinski definition) is 8. The van der Waals surface area contributed by atoms with Crippen LogP contribution in [0.2, 0.25) is 0 Å². The second-order valence-electron chi connectivity index (χ2n) is 9.35. The third-order valence-corrected chi connectivity index (χ3v) is 5.67. The van der Waals surface area contributed by atoms with Crippen molar-refractivity contribution in [3.63, 3.8) is 0 Å². The van der Waals surface area contributed by atoms with Crippen molar-refractivity contribution in [1.29, 1.82) is 0 Å². The zero-order valence-corrected chi connectivity index (χ0v) is 20.2. The number of carbonyl (C=O) groups excluding carboxylic acids is 3. The number of alkyl carbamates (subject to hydrolysis) is 1. The summed E-state index contributed by atoms with van der Waals surface area (Å²) < 4.78 is 10.2. The van der Waals surface area contributed by atoms with E-state index in [9.17, 15) is 19.5 Å². The van der Waals surface area contributed by atoms with E-state index >= 15 is 0 Å². The fourth-order valence-corrected chi connectivity index (χ4v) is 4.08. The number of aliphatic hydroxyl groups excluding tert-OH is 1. The van der Waals surface area contributed by atoms with Crippen molar-refractivity contribution >= 4 is 29.3 Å². The Kier molecular flexibility index (Phi) is 8.03. The largest absolute Gasteiger partial charge is 0.466 e. The minimum Gasteiger partial charge on any atom is -0.466 e. The molecule has 1 saturated heterocycles. The Labute approximate surface area is 199 Å². The van der Waals surface area contributed by atoms with Crippen LogP contribution < -0.4 is 15.5 Å². The van der Waals surface area contributed by atoms with Crippen molar-refractivity contribution < 1.29 is 29.0 Å². The second kappa shape index (κ2) is 10.8. The van der Waals surface area contributed by atoms with Gasteiger partial charge in [-0.05, 0) is 45.7 Å². The summed E-state index contributed by atoms with van der Waals surface area (Å²) >= 11 is 0. The number of nitrogens with one attached hydrogen (secondary N) is 2. The number of anilines is 2. The van der Waals surface area contributed by atoms with Crippen LogP contribution in [0.3, 0.4) is 0 Å². The van der Waals surface area contributed by atoms with Gasteiger partial charge >= 0.3 is 12.1 Å². The lowest BCUT2D eigenvalue weighted by atomic mass is 10.0. The number of para-hydroxylation sites is 2. The van der Waals surface area contributed by atoms with E-state index in [2.05, 4.69) is 15.5 Å². The SMILES string of the molecule is COC(=O)C1=C(Nc2ccccc2N2CCC(NC(=O)OC(C)(C)C)CC2)C(=O)N(CCO)C1. The lowest BCUT2D eigenvalue weighted by Crippen LogP contribution is -2.46. The first kappa shape index (κ1) is 25.4. The molecule has 0 atom stereocenters. The number of methoxy groups -OCH3 is 1. The first-order valence-electron chi connectivity index (χ1n) is 11.4. The van der Waals surface area contributed by atoms with E-state index in [0.717, 1.165) is 18.5 Å². The van der Waals surface area contributed by atoms with Gasteiger partial charge in [0.1, 0.15) is 11.3 Å². The van der Waals surface area contributed by atoms with Crippen LogP contribution in [0.15, 0.2) is 35.5 Å². The van der Waals surface area contributed by atoms with Gasteiger partial charge < -0.3 is 35.0 Å². The van der Waals surface area contributed by atoms with Crippen LogP contribution in [0.25, 0.3) is 0 Å². The number of carbonyl (C=O) groups is 3. The molecule has 0 saturated carbocycles. The molecule has 0 radical (unpaired) electrons. The monoisotopic (exact) mass is 474 g/mol. The van der Waals surface area contributed by atoms with E-state index < -0.39 is 17.7 Å². The van der Waals surface area contributed by atoms with Crippen LogP contribution in [-0.2, 0) is 19.1 Å². The van der Waals surface area contributed by atoms with E-state index in [0.29, 0.717) is 18.8 Å². The highest BCUT2D eigenvalue weighted by molar-refractivity contribution is 6.09. The highest BCUT2D eigenvalue weighted by atomic mass is 16.6. The van der Waals surface area contributed by atoms with E-state index in [-0.39, 0.29) is 42.9 Å². The number of ether oxygens (including phenoxy) is 2. The zero-order chi connectivity index (χ0) is 24.9. The number of nitrogens with zero attached hydrogens (tertiary/aromatic N) is 2. The van der Waals surface area contributed by atoms with Gasteiger partial charge in [0, 0.05) is 25.7 Å². The van der Waals surface area contributed by atoms with Gasteiger partial charge in [-0.2, -0.15) is 0 Å². The molecule has 2 amide bonds. The average Bonchev–Trinajstić information content (AvgIpc) is 3.08. The summed E-state index contributed by atoms with van der Waals surface area (Å²) in [6, 6.07) is 7.59. The molecule has 10 heteroatoms. The van der Waals surface area contributed by atoms with E-state index in [4.69, 9.17) is 9.47 Å². The maximum absolute atomic E-state index is 12.9. The van der Waals surface area contributed by atoms with Crippen molar-refractivity contribution in [3.05, 3.63) is 35.5 Å². The molecule has 2 aliphatic rings. The van der Waals surface area contributed by atoms with Crippen LogP contribution in [0.5, 0.6) is 0 Å². The molecule has 0 spiro atoms. The van der Waals surface area contributed by atoms with E-state index in [1.807, 2.05) is 45.0 Å². The number of piperidine rings is 1. The van der Waals surface area contributed by atoms with Crippen molar-refractivity contribution in [2.24, 2.45) is 0 Å². The fraction of sp³-hybridized carbons (Fsp3) is 0.542. The smallest absolute Gasteiger partial charge is 0.407 e. The predicted octanol–water partition coefficient (Wildman–Crippen LogP) is 1.85. The number of hydrogen-bond donors (Lipinski definition) is 3. The minimum absolute atomic E-state index is 0.0170. The Balaban J connectivity index is 1.71. The van der Waals surface area contributed by atoms with Gasteiger partial charge in [0.15, 0.2) is 0 Å². The summed E-state index contributed by atoms with van der Waals surface area (Å²) in [5, 5.41) is 15.3. The third kappa shape index (κ3) is 6.19. The summed E-state index contributed by atoms with van der Waals surface area (Å²) in [4.78, 5) is 40.9. The zero-order valence-electron chi connectivity index (χ0n) is 20.2. The molecule has 3 rings (SSSR count). The lowest BCUT2D eigenvalue weighted by molar-refractivity contribution is -0.136. The molecule has 1 aromatic rings. The molecule has 1 aromatic carbocycles. The Bertz CT molecular complexity index is 947. The number of rotatable bonds is 7. The molecule has 3 N–H and O–H groups in total. The van der Waals surface area contributed by atoms with Gasteiger partial charge in [0.05, 0.1) is 37.2 Å². The van der Waals surface area contributed by atoms with Crippen molar-refractivity contribution in [2.45, 2.75) is 45.3 Å². The quantitative estimate of drug-likeness (QED) is 0.512. The van der Waals surface area contributed by atoms with E-state index in [1.165, 1.54) is 12.0 Å². The molecule has 2 heterocycles. The molecular weight excluding hydrogens is 440 g/mol. The molecule has 0 aliphatic carbocycles. The van der Waals surface area contributed by atoms with Gasteiger partial charge in [-0.15, -0.1) is 0 Å². The minimum atomic E-state index is -0.581. The first-order chi connectivity index (χ1) is 16.1. The molecular formula is C24H34N4O6. The van der Waals surface area contributed by atoms with Crippen LogP contribution in [0.1, 0.15) is 33.6 Å². The topological polar surface area (TPSA) is 120 Å².